The van der Waals surface area contributed by atoms with Crippen LogP contribution in [-0.2, 0) is 43.0 Å². The second-order valence-corrected chi connectivity index (χ2v) is 8.67. The van der Waals surface area contributed by atoms with Gasteiger partial charge in [-0.2, -0.15) is 8.42 Å². The number of carbonyl (C=O) groups excluding carboxylic acids is 1. The van der Waals surface area contributed by atoms with Gasteiger partial charge in [-0.15, -0.1) is 23.2 Å². The van der Waals surface area contributed by atoms with Crippen LogP contribution in [-0.4, -0.2) is 24.0 Å². The number of fused-ring (bicyclic) bond motifs is 1. The van der Waals surface area contributed by atoms with Gasteiger partial charge in [-0.05, 0) is 50.8 Å². The van der Waals surface area contributed by atoms with E-state index in [1.165, 1.54) is 18.2 Å². The van der Waals surface area contributed by atoms with E-state index >= 15 is 0 Å². The van der Waals surface area contributed by atoms with E-state index in [1.54, 1.807) is 0 Å². The fourth-order valence-corrected chi connectivity index (χ4v) is 3.65. The SMILES string of the molecule is CC(=O)Nc1cc(S(=O)(=O)O)cc2cc(OOOS)c(N=Nc3cc(OOOS)ccc3OOOS)c(O)c12. The first kappa shape index (κ1) is 30.5. The van der Waals surface area contributed by atoms with Crippen molar-refractivity contribution in [2.45, 2.75) is 11.8 Å². The van der Waals surface area contributed by atoms with Crippen LogP contribution in [0.3, 0.4) is 0 Å². The molecule has 0 bridgehead atoms. The molecule has 3 aromatic carbocycles. The molecule has 1 amide bonds. The molecule has 3 N–H and O–H groups in total. The third-order valence-electron chi connectivity index (χ3n) is 4.39. The molecule has 3 rings (SSSR count). The summed E-state index contributed by atoms with van der Waals surface area (Å²) in [6.07, 6.45) is 0. The number of amides is 1. The Kier molecular flexibility index (Phi) is 10.8. The van der Waals surface area contributed by atoms with Crippen LogP contribution >= 0.6 is 38.7 Å². The van der Waals surface area contributed by atoms with Crippen molar-refractivity contribution in [3.63, 3.8) is 0 Å². The van der Waals surface area contributed by atoms with Gasteiger partial charge in [-0.3, -0.25) is 9.35 Å². The summed E-state index contributed by atoms with van der Waals surface area (Å²) in [7, 11) is -4.74. The van der Waals surface area contributed by atoms with Crippen LogP contribution in [0.2, 0.25) is 0 Å². The minimum absolute atomic E-state index is 0.00819. The number of rotatable bonds is 13. The summed E-state index contributed by atoms with van der Waals surface area (Å²) in [6.45, 7) is 1.13. The van der Waals surface area contributed by atoms with Gasteiger partial charge in [0.2, 0.25) is 11.7 Å². The maximum atomic E-state index is 11.8. The standard InChI is InChI=1S/C18H15N3O14S4/c1-8(22)19-13-7-11(39(24,25)26)4-9-5-15(29-32-35-38)17(18(23)16(9)13)21-20-12-6-10(27-30-33-36)2-3-14(12)28-31-34-37/h2-7,23,36-38H,1H3,(H,19,22)(H,24,25,26). The molecule has 17 nitrogen and oxygen atoms in total. The fraction of sp³-hybridized carbons (Fsp3) is 0.0556. The summed E-state index contributed by atoms with van der Waals surface area (Å²) in [5.41, 5.74) is -0.763. The van der Waals surface area contributed by atoms with Gasteiger partial charge in [-0.25, -0.2) is 0 Å². The molecular weight excluding hydrogens is 610 g/mol. The molecule has 0 radical (unpaired) electrons. The molecule has 0 aliphatic heterocycles. The van der Waals surface area contributed by atoms with Gasteiger partial charge in [0, 0.05) is 57.1 Å². The van der Waals surface area contributed by atoms with Crippen molar-refractivity contribution in [3.05, 3.63) is 36.4 Å². The summed E-state index contributed by atoms with van der Waals surface area (Å²) in [5.74, 6) is -1.81. The molecule has 3 aromatic rings. The average Bonchev–Trinajstić information content (AvgIpc) is 2.88. The van der Waals surface area contributed by atoms with E-state index in [-0.39, 0.29) is 33.6 Å². The highest BCUT2D eigenvalue weighted by Gasteiger charge is 2.22. The normalized spacial score (nSPS) is 11.6. The van der Waals surface area contributed by atoms with Crippen molar-refractivity contribution >= 4 is 82.6 Å². The minimum Gasteiger partial charge on any atom is -0.505 e. The van der Waals surface area contributed by atoms with Gasteiger partial charge in [0.1, 0.15) is 5.69 Å². The Morgan fingerprint density at radius 3 is 2.15 bits per heavy atom. The minimum atomic E-state index is -4.74. The van der Waals surface area contributed by atoms with Crippen LogP contribution in [0, 0.1) is 0 Å². The number of hydrogen-bond donors (Lipinski definition) is 6. The largest absolute Gasteiger partial charge is 0.505 e. The summed E-state index contributed by atoms with van der Waals surface area (Å²) >= 11 is 10.1. The Bertz CT molecular complexity index is 1490. The maximum Gasteiger partial charge on any atom is 0.294 e. The lowest BCUT2D eigenvalue weighted by atomic mass is 10.1. The lowest BCUT2D eigenvalue weighted by Crippen LogP contribution is -2.08. The van der Waals surface area contributed by atoms with Crippen LogP contribution in [0.15, 0.2) is 51.5 Å². The number of nitrogens with one attached hydrogen (secondary N) is 1. The lowest BCUT2D eigenvalue weighted by Gasteiger charge is -2.14. The van der Waals surface area contributed by atoms with E-state index in [9.17, 15) is 22.9 Å². The molecular formula is C18H15N3O14S4. The first-order chi connectivity index (χ1) is 18.6. The van der Waals surface area contributed by atoms with Crippen molar-refractivity contribution in [1.82, 2.24) is 0 Å². The quantitative estimate of drug-likeness (QED) is 0.0388. The van der Waals surface area contributed by atoms with E-state index in [2.05, 4.69) is 82.4 Å². The third-order valence-corrected chi connectivity index (χ3v) is 5.40. The van der Waals surface area contributed by atoms with E-state index in [1.807, 2.05) is 0 Å². The molecule has 0 fully saturated rings. The summed E-state index contributed by atoms with van der Waals surface area (Å²) in [6, 6.07) is 6.84. The van der Waals surface area contributed by atoms with E-state index < -0.39 is 38.1 Å². The summed E-state index contributed by atoms with van der Waals surface area (Å²) in [5, 5.41) is 34.1. The first-order valence-electron chi connectivity index (χ1n) is 9.68. The molecule has 39 heavy (non-hydrogen) atoms. The maximum absolute atomic E-state index is 11.8. The molecule has 0 aromatic heterocycles. The van der Waals surface area contributed by atoms with Crippen molar-refractivity contribution < 1.29 is 65.7 Å². The molecule has 0 aliphatic carbocycles. The Morgan fingerprint density at radius 2 is 1.54 bits per heavy atom. The topological polar surface area (TPSA) is 211 Å². The van der Waals surface area contributed by atoms with Gasteiger partial charge in [0.25, 0.3) is 10.1 Å². The highest BCUT2D eigenvalue weighted by molar-refractivity contribution is 7.85. The van der Waals surface area contributed by atoms with Gasteiger partial charge in [0.15, 0.2) is 22.9 Å². The Balaban J connectivity index is 2.24. The van der Waals surface area contributed by atoms with Crippen LogP contribution in [0.25, 0.3) is 10.8 Å². The Hall–Kier alpha value is -3.09. The fourth-order valence-electron chi connectivity index (χ4n) is 3.02. The van der Waals surface area contributed by atoms with Crippen molar-refractivity contribution in [3.8, 4) is 23.0 Å². The molecule has 0 atom stereocenters. The van der Waals surface area contributed by atoms with E-state index in [0.29, 0.717) is 0 Å². The molecule has 0 unspecified atom stereocenters. The van der Waals surface area contributed by atoms with E-state index in [4.69, 9.17) is 14.7 Å². The molecule has 21 heteroatoms. The molecule has 0 saturated carbocycles. The number of hydrogen-bond acceptors (Lipinski definition) is 18. The summed E-state index contributed by atoms with van der Waals surface area (Å²) < 4.78 is 45.3. The Morgan fingerprint density at radius 1 is 0.897 bits per heavy atom. The smallest absolute Gasteiger partial charge is 0.294 e. The molecule has 0 heterocycles. The number of carbonyl (C=O) groups is 1. The highest BCUT2D eigenvalue weighted by atomic mass is 32.2. The van der Waals surface area contributed by atoms with Crippen LogP contribution in [0.4, 0.5) is 17.1 Å². The van der Waals surface area contributed by atoms with Crippen molar-refractivity contribution in [2.75, 3.05) is 5.32 Å². The number of nitrogens with zero attached hydrogens (tertiary/aromatic N) is 2. The zero-order valence-corrected chi connectivity index (χ0v) is 22.4. The zero-order valence-electron chi connectivity index (χ0n) is 18.9. The van der Waals surface area contributed by atoms with Crippen LogP contribution in [0.1, 0.15) is 6.92 Å². The lowest BCUT2D eigenvalue weighted by molar-refractivity contribution is -0.403. The number of anilines is 1. The second-order valence-electron chi connectivity index (χ2n) is 6.80. The monoisotopic (exact) mass is 625 g/mol. The predicted molar refractivity (Wildman–Crippen MR) is 136 cm³/mol. The van der Waals surface area contributed by atoms with Crippen LogP contribution in [0.5, 0.6) is 23.0 Å². The third kappa shape index (κ3) is 7.96. The Labute approximate surface area is 234 Å². The number of phenolic OH excluding ortho intramolecular Hbond substituents is 1. The number of thiol groups is 3. The summed E-state index contributed by atoms with van der Waals surface area (Å²) in [4.78, 5) is 25.7. The number of aromatic hydroxyl groups is 1. The molecule has 210 valence electrons. The van der Waals surface area contributed by atoms with Gasteiger partial charge in [0.05, 0.1) is 10.6 Å². The number of azo groups is 1. The first-order valence-corrected chi connectivity index (χ1v) is 12.2. The second kappa shape index (κ2) is 13.8. The van der Waals surface area contributed by atoms with E-state index in [0.717, 1.165) is 25.1 Å². The van der Waals surface area contributed by atoms with Gasteiger partial charge < -0.3 is 25.1 Å². The van der Waals surface area contributed by atoms with Gasteiger partial charge in [-0.1, -0.05) is 0 Å². The van der Waals surface area contributed by atoms with Gasteiger partial charge >= 0.3 is 0 Å². The molecule has 0 saturated heterocycles. The zero-order chi connectivity index (χ0) is 28.6. The van der Waals surface area contributed by atoms with Crippen molar-refractivity contribution in [1.29, 1.82) is 0 Å². The average molecular weight is 626 g/mol. The predicted octanol–water partition coefficient (Wildman–Crippen LogP) is 4.43. The molecule has 0 spiro atoms. The highest BCUT2D eigenvalue weighted by Crippen LogP contribution is 2.47. The number of benzene rings is 3. The van der Waals surface area contributed by atoms with Crippen LogP contribution < -0.4 is 20.0 Å². The molecule has 0 aliphatic rings. The number of phenols is 1. The van der Waals surface area contributed by atoms with Crippen molar-refractivity contribution in [2.24, 2.45) is 10.2 Å².